The molecular weight excluding hydrogens is 320 g/mol. The summed E-state index contributed by atoms with van der Waals surface area (Å²) in [7, 11) is -3.24. The quantitative estimate of drug-likeness (QED) is 0.872. The van der Waals surface area contributed by atoms with Crippen LogP contribution >= 0.6 is 0 Å². The molecule has 1 N–H and O–H groups in total. The highest BCUT2D eigenvalue weighted by molar-refractivity contribution is 7.88. The first kappa shape index (κ1) is 16.1. The summed E-state index contributed by atoms with van der Waals surface area (Å²) in [5.74, 6) is 0.970. The number of amides is 1. The summed E-state index contributed by atoms with van der Waals surface area (Å²) in [5.41, 5.74) is 0.915. The topological polar surface area (TPSA) is 84.9 Å². The van der Waals surface area contributed by atoms with Gasteiger partial charge >= 0.3 is 0 Å². The summed E-state index contributed by atoms with van der Waals surface area (Å²) in [6.07, 6.45) is 2.59. The molecule has 2 aliphatic heterocycles. The van der Waals surface area contributed by atoms with Gasteiger partial charge in [-0.25, -0.2) is 12.7 Å². The fraction of sp³-hybridized carbons (Fsp3) is 0.533. The molecule has 1 fully saturated rings. The highest BCUT2D eigenvalue weighted by Gasteiger charge is 2.30. The van der Waals surface area contributed by atoms with Crippen LogP contribution in [0.1, 0.15) is 18.4 Å². The van der Waals surface area contributed by atoms with Gasteiger partial charge in [-0.15, -0.1) is 0 Å². The highest BCUT2D eigenvalue weighted by Crippen LogP contribution is 2.32. The number of carbonyl (C=O) groups is 1. The summed E-state index contributed by atoms with van der Waals surface area (Å²) < 4.78 is 35.1. The Balaban J connectivity index is 1.57. The maximum atomic E-state index is 12.3. The normalized spacial score (nSPS) is 21.2. The predicted molar refractivity (Wildman–Crippen MR) is 83.6 cm³/mol. The molecule has 2 heterocycles. The van der Waals surface area contributed by atoms with E-state index in [0.717, 1.165) is 5.56 Å². The zero-order valence-electron chi connectivity index (χ0n) is 12.9. The lowest BCUT2D eigenvalue weighted by Crippen LogP contribution is -2.44. The van der Waals surface area contributed by atoms with Gasteiger partial charge in [0, 0.05) is 19.6 Å². The van der Waals surface area contributed by atoms with E-state index in [2.05, 4.69) is 5.32 Å². The molecule has 1 atom stereocenters. The van der Waals surface area contributed by atoms with Crippen molar-refractivity contribution in [3.63, 3.8) is 0 Å². The van der Waals surface area contributed by atoms with Crippen LogP contribution in [0.4, 0.5) is 0 Å². The van der Waals surface area contributed by atoms with Crippen molar-refractivity contribution in [2.75, 3.05) is 26.1 Å². The Labute approximate surface area is 135 Å². The van der Waals surface area contributed by atoms with E-state index in [-0.39, 0.29) is 25.2 Å². The minimum atomic E-state index is -3.24. The number of nitrogens with zero attached hydrogens (tertiary/aromatic N) is 1. The second kappa shape index (κ2) is 6.37. The average Bonchev–Trinajstić information content (AvgIpc) is 2.99. The van der Waals surface area contributed by atoms with Crippen LogP contribution in [0.3, 0.4) is 0 Å². The number of benzene rings is 1. The van der Waals surface area contributed by atoms with E-state index in [1.54, 1.807) is 0 Å². The van der Waals surface area contributed by atoms with E-state index in [1.165, 1.54) is 10.6 Å². The molecule has 1 saturated heterocycles. The van der Waals surface area contributed by atoms with E-state index >= 15 is 0 Å². The minimum Gasteiger partial charge on any atom is -0.454 e. The van der Waals surface area contributed by atoms with Gasteiger partial charge in [-0.2, -0.15) is 0 Å². The van der Waals surface area contributed by atoms with Crippen LogP contribution in [-0.4, -0.2) is 44.8 Å². The lowest BCUT2D eigenvalue weighted by Gasteiger charge is -2.30. The van der Waals surface area contributed by atoms with Gasteiger partial charge in [-0.1, -0.05) is 6.07 Å². The molecule has 8 heteroatoms. The molecule has 1 aromatic rings. The second-order valence-corrected chi connectivity index (χ2v) is 7.85. The molecular formula is C15H20N2O5S. The van der Waals surface area contributed by atoms with Crippen molar-refractivity contribution in [2.24, 2.45) is 5.92 Å². The molecule has 1 amide bonds. The number of rotatable bonds is 4. The molecule has 0 saturated carbocycles. The van der Waals surface area contributed by atoms with Crippen molar-refractivity contribution in [3.05, 3.63) is 23.8 Å². The minimum absolute atomic E-state index is 0.115. The number of carbonyl (C=O) groups excluding carboxylic acids is 1. The first-order valence-electron chi connectivity index (χ1n) is 7.55. The summed E-state index contributed by atoms with van der Waals surface area (Å²) in [4.78, 5) is 12.3. The lowest BCUT2D eigenvalue weighted by molar-refractivity contribution is -0.126. The number of fused-ring (bicyclic) bond motifs is 1. The molecule has 1 aromatic carbocycles. The predicted octanol–water partition coefficient (Wildman–Crippen LogP) is 0.703. The molecule has 126 valence electrons. The van der Waals surface area contributed by atoms with Crippen LogP contribution in [0.25, 0.3) is 0 Å². The Morgan fingerprint density at radius 2 is 2.13 bits per heavy atom. The molecule has 0 radical (unpaired) electrons. The molecule has 0 bridgehead atoms. The smallest absolute Gasteiger partial charge is 0.231 e. The zero-order chi connectivity index (χ0) is 16.4. The molecule has 23 heavy (non-hydrogen) atoms. The number of piperidine rings is 1. The number of sulfonamides is 1. The van der Waals surface area contributed by atoms with Crippen molar-refractivity contribution >= 4 is 15.9 Å². The van der Waals surface area contributed by atoms with Crippen molar-refractivity contribution in [2.45, 2.75) is 19.4 Å². The summed E-state index contributed by atoms with van der Waals surface area (Å²) in [6.45, 7) is 1.34. The Bertz CT molecular complexity index is 704. The maximum Gasteiger partial charge on any atom is 0.231 e. The van der Waals surface area contributed by atoms with Gasteiger partial charge in [0.25, 0.3) is 0 Å². The van der Waals surface area contributed by atoms with Crippen molar-refractivity contribution in [1.82, 2.24) is 9.62 Å². The Hall–Kier alpha value is -1.80. The molecule has 7 nitrogen and oxygen atoms in total. The third-order valence-electron chi connectivity index (χ3n) is 4.13. The van der Waals surface area contributed by atoms with Crippen molar-refractivity contribution in [1.29, 1.82) is 0 Å². The summed E-state index contributed by atoms with van der Waals surface area (Å²) in [6, 6.07) is 5.53. The second-order valence-electron chi connectivity index (χ2n) is 5.87. The SMILES string of the molecule is CS(=O)(=O)N1CCCC(C(=O)NCc2ccc3c(c2)OCO3)C1. The summed E-state index contributed by atoms with van der Waals surface area (Å²) >= 11 is 0. The Kier molecular flexibility index (Phi) is 4.45. The standard InChI is InChI=1S/C15H20N2O5S/c1-23(19,20)17-6-2-3-12(9-17)15(18)16-8-11-4-5-13-14(7-11)22-10-21-13/h4-5,7,12H,2-3,6,8-10H2,1H3,(H,16,18). The van der Waals surface area contributed by atoms with Gasteiger partial charge in [0.2, 0.25) is 22.7 Å². The van der Waals surface area contributed by atoms with Gasteiger partial charge in [0.15, 0.2) is 11.5 Å². The first-order chi connectivity index (χ1) is 10.9. The van der Waals surface area contributed by atoms with Crippen molar-refractivity contribution in [3.8, 4) is 11.5 Å². The molecule has 1 unspecified atom stereocenters. The fourth-order valence-electron chi connectivity index (χ4n) is 2.84. The number of nitrogens with one attached hydrogen (secondary N) is 1. The van der Waals surface area contributed by atoms with Crippen LogP contribution in [0.15, 0.2) is 18.2 Å². The van der Waals surface area contributed by atoms with E-state index < -0.39 is 10.0 Å². The van der Waals surface area contributed by atoms with Gasteiger partial charge < -0.3 is 14.8 Å². The van der Waals surface area contributed by atoms with E-state index in [4.69, 9.17) is 9.47 Å². The van der Waals surface area contributed by atoms with Gasteiger partial charge in [-0.05, 0) is 30.5 Å². The van der Waals surface area contributed by atoms with E-state index in [0.29, 0.717) is 37.4 Å². The largest absolute Gasteiger partial charge is 0.454 e. The van der Waals surface area contributed by atoms with Gasteiger partial charge in [0.05, 0.1) is 12.2 Å². The number of ether oxygens (including phenoxy) is 2. The summed E-state index contributed by atoms with van der Waals surface area (Å²) in [5, 5.41) is 2.88. The first-order valence-corrected chi connectivity index (χ1v) is 9.39. The monoisotopic (exact) mass is 340 g/mol. The molecule has 3 rings (SSSR count). The highest BCUT2D eigenvalue weighted by atomic mass is 32.2. The number of hydrogen-bond donors (Lipinski definition) is 1. The molecule has 0 aliphatic carbocycles. The van der Waals surface area contributed by atoms with Crippen LogP contribution < -0.4 is 14.8 Å². The van der Waals surface area contributed by atoms with Crippen LogP contribution in [0.5, 0.6) is 11.5 Å². The van der Waals surface area contributed by atoms with Gasteiger partial charge in [-0.3, -0.25) is 4.79 Å². The third-order valence-corrected chi connectivity index (χ3v) is 5.40. The fourth-order valence-corrected chi connectivity index (χ4v) is 3.75. The lowest BCUT2D eigenvalue weighted by atomic mass is 9.98. The van der Waals surface area contributed by atoms with E-state index in [1.807, 2.05) is 18.2 Å². The Morgan fingerprint density at radius 3 is 2.91 bits per heavy atom. The van der Waals surface area contributed by atoms with Crippen LogP contribution in [-0.2, 0) is 21.4 Å². The van der Waals surface area contributed by atoms with Crippen LogP contribution in [0, 0.1) is 5.92 Å². The number of hydrogen-bond acceptors (Lipinski definition) is 5. The van der Waals surface area contributed by atoms with Crippen molar-refractivity contribution < 1.29 is 22.7 Å². The maximum absolute atomic E-state index is 12.3. The molecule has 0 spiro atoms. The van der Waals surface area contributed by atoms with Gasteiger partial charge in [0.1, 0.15) is 0 Å². The molecule has 2 aliphatic rings. The molecule has 0 aromatic heterocycles. The Morgan fingerprint density at radius 1 is 1.35 bits per heavy atom. The van der Waals surface area contributed by atoms with Crippen LogP contribution in [0.2, 0.25) is 0 Å². The third kappa shape index (κ3) is 3.76. The van der Waals surface area contributed by atoms with E-state index in [9.17, 15) is 13.2 Å². The zero-order valence-corrected chi connectivity index (χ0v) is 13.8. The average molecular weight is 340 g/mol.